The third-order valence-corrected chi connectivity index (χ3v) is 8.81. The van der Waals surface area contributed by atoms with E-state index in [9.17, 15) is 0 Å². The highest BCUT2D eigenvalue weighted by Gasteiger charge is 2.44. The van der Waals surface area contributed by atoms with E-state index >= 15 is 0 Å². The van der Waals surface area contributed by atoms with Crippen LogP contribution < -0.4 is 5.09 Å². The van der Waals surface area contributed by atoms with Crippen LogP contribution in [0.1, 0.15) is 69.2 Å². The van der Waals surface area contributed by atoms with Gasteiger partial charge in [-0.2, -0.15) is 0 Å². The van der Waals surface area contributed by atoms with E-state index in [-0.39, 0.29) is 10.8 Å². The first-order valence-electron chi connectivity index (χ1n) is 9.52. The topological polar surface area (TPSA) is 24.4 Å². The fraction of sp³-hybridized carbons (Fsp3) is 0.522. The fourth-order valence-electron chi connectivity index (χ4n) is 4.85. The van der Waals surface area contributed by atoms with Crippen molar-refractivity contribution in [3.8, 4) is 0 Å². The van der Waals surface area contributed by atoms with Gasteiger partial charge in [-0.05, 0) is 97.6 Å². The molecule has 140 valence electrons. The maximum absolute atomic E-state index is 4.95. The highest BCUT2D eigenvalue weighted by molar-refractivity contribution is 7.34. The van der Waals surface area contributed by atoms with Gasteiger partial charge < -0.3 is 5.09 Å². The Morgan fingerprint density at radius 1 is 0.692 bits per heavy atom. The molecule has 1 unspecified atom stereocenters. The summed E-state index contributed by atoms with van der Waals surface area (Å²) in [6.45, 7) is 22.8. The third kappa shape index (κ3) is 2.24. The van der Waals surface area contributed by atoms with E-state index in [2.05, 4.69) is 80.4 Å². The Morgan fingerprint density at radius 2 is 1.08 bits per heavy atom. The van der Waals surface area contributed by atoms with Crippen molar-refractivity contribution in [2.75, 3.05) is 0 Å². The van der Waals surface area contributed by atoms with Gasteiger partial charge >= 0.3 is 0 Å². The smallest absolute Gasteiger partial charge is 0.0986 e. The van der Waals surface area contributed by atoms with E-state index in [0.29, 0.717) is 8.88 Å². The molecule has 0 aromatic heterocycles. The molecule has 0 fully saturated rings. The molecule has 2 nitrogen and oxygen atoms in total. The first-order chi connectivity index (χ1) is 12.0. The number of hydrogen-bond acceptors (Lipinski definition) is 2. The lowest BCUT2D eigenvalue weighted by molar-refractivity contribution is 0.560. The fourth-order valence-corrected chi connectivity index (χ4v) is 5.76. The maximum atomic E-state index is 4.95. The number of nitrogens with one attached hydrogen (secondary N) is 1. The van der Waals surface area contributed by atoms with Crippen LogP contribution >= 0.6 is 8.88 Å². The summed E-state index contributed by atoms with van der Waals surface area (Å²) in [5.41, 5.74) is 13.9. The van der Waals surface area contributed by atoms with Gasteiger partial charge in [0.2, 0.25) is 0 Å². The zero-order valence-electron chi connectivity index (χ0n) is 18.0. The summed E-state index contributed by atoms with van der Waals surface area (Å²) in [4.78, 5) is 0. The normalized spacial score (nSPS) is 26.1. The first kappa shape index (κ1) is 19.4. The SMILES string of the molecule is CC1=C(C)C(C)(C2=CC(C3(C)C(C)=C(C)C(C)=C3C)=NPN2)C(C)=C1C. The summed E-state index contributed by atoms with van der Waals surface area (Å²) in [7, 11) is 0.384. The van der Waals surface area contributed by atoms with E-state index in [4.69, 9.17) is 4.76 Å². The van der Waals surface area contributed by atoms with Crippen LogP contribution in [0.5, 0.6) is 0 Å². The van der Waals surface area contributed by atoms with Crippen molar-refractivity contribution in [3.05, 3.63) is 56.4 Å². The molecule has 1 heterocycles. The molecule has 0 radical (unpaired) electrons. The average Bonchev–Trinajstić information content (AvgIpc) is 2.90. The van der Waals surface area contributed by atoms with E-state index in [1.54, 1.807) is 0 Å². The molecule has 0 saturated heterocycles. The van der Waals surface area contributed by atoms with Gasteiger partial charge in [0.15, 0.2) is 0 Å². The summed E-state index contributed by atoms with van der Waals surface area (Å²) >= 11 is 0. The molecule has 1 N–H and O–H groups in total. The maximum Gasteiger partial charge on any atom is 0.0986 e. The van der Waals surface area contributed by atoms with Gasteiger partial charge in [0, 0.05) is 11.1 Å². The lowest BCUT2D eigenvalue weighted by atomic mass is 9.72. The predicted octanol–water partition coefficient (Wildman–Crippen LogP) is 6.81. The lowest BCUT2D eigenvalue weighted by Gasteiger charge is -2.37. The zero-order valence-corrected chi connectivity index (χ0v) is 19.0. The van der Waals surface area contributed by atoms with Crippen molar-refractivity contribution in [2.24, 2.45) is 15.6 Å². The Hall–Kier alpha value is -1.40. The van der Waals surface area contributed by atoms with Crippen molar-refractivity contribution in [3.63, 3.8) is 0 Å². The molecule has 1 aliphatic heterocycles. The van der Waals surface area contributed by atoms with Crippen molar-refractivity contribution in [2.45, 2.75) is 69.2 Å². The summed E-state index contributed by atoms with van der Waals surface area (Å²) in [5, 5.41) is 3.63. The molecule has 3 rings (SSSR count). The van der Waals surface area contributed by atoms with E-state index in [0.717, 1.165) is 0 Å². The zero-order chi connectivity index (χ0) is 19.6. The van der Waals surface area contributed by atoms with E-state index in [1.165, 1.54) is 56.0 Å². The third-order valence-electron chi connectivity index (χ3n) is 8.07. The summed E-state index contributed by atoms with van der Waals surface area (Å²) < 4.78 is 4.95. The molecule has 26 heavy (non-hydrogen) atoms. The van der Waals surface area contributed by atoms with Crippen LogP contribution in [0.25, 0.3) is 0 Å². The molecule has 0 aromatic carbocycles. The largest absolute Gasteiger partial charge is 0.351 e. The number of nitrogens with zero attached hydrogens (tertiary/aromatic N) is 1. The molecule has 0 saturated carbocycles. The monoisotopic (exact) mass is 368 g/mol. The average molecular weight is 369 g/mol. The van der Waals surface area contributed by atoms with Crippen molar-refractivity contribution < 1.29 is 0 Å². The number of rotatable bonds is 2. The molecule has 0 spiro atoms. The van der Waals surface area contributed by atoms with Crippen LogP contribution in [0, 0.1) is 10.8 Å². The summed E-state index contributed by atoms with van der Waals surface area (Å²) in [6, 6.07) is 0. The van der Waals surface area contributed by atoms with Gasteiger partial charge in [-0.1, -0.05) is 22.3 Å². The molecule has 0 amide bonds. The Kier molecular flexibility index (Phi) is 4.51. The Labute approximate surface area is 161 Å². The molecule has 3 heteroatoms. The summed E-state index contributed by atoms with van der Waals surface area (Å²) in [5.74, 6) is 0. The van der Waals surface area contributed by atoms with E-state index < -0.39 is 0 Å². The van der Waals surface area contributed by atoms with Gasteiger partial charge in [0.05, 0.1) is 20.0 Å². The highest BCUT2D eigenvalue weighted by atomic mass is 31.1. The molecule has 0 bridgehead atoms. The minimum atomic E-state index is -0.0805. The van der Waals surface area contributed by atoms with Crippen LogP contribution in [-0.4, -0.2) is 5.71 Å². The van der Waals surface area contributed by atoms with Gasteiger partial charge in [-0.15, -0.1) is 0 Å². The van der Waals surface area contributed by atoms with Crippen molar-refractivity contribution >= 4 is 14.6 Å². The second-order valence-corrected chi connectivity index (χ2v) is 9.24. The molecule has 0 aromatic rings. The predicted molar refractivity (Wildman–Crippen MR) is 117 cm³/mol. The number of hydrogen-bond donors (Lipinski definition) is 1. The van der Waals surface area contributed by atoms with Crippen LogP contribution in [0.4, 0.5) is 0 Å². The second kappa shape index (κ2) is 6.06. The lowest BCUT2D eigenvalue weighted by Crippen LogP contribution is -2.34. The van der Waals surface area contributed by atoms with Gasteiger partial charge in [0.1, 0.15) is 0 Å². The van der Waals surface area contributed by atoms with Crippen LogP contribution in [0.3, 0.4) is 0 Å². The Morgan fingerprint density at radius 3 is 1.50 bits per heavy atom. The summed E-state index contributed by atoms with van der Waals surface area (Å²) in [6.07, 6.45) is 2.34. The quantitative estimate of drug-likeness (QED) is 0.532. The highest BCUT2D eigenvalue weighted by Crippen LogP contribution is 2.54. The molecule has 3 aliphatic rings. The Balaban J connectivity index is 2.14. The van der Waals surface area contributed by atoms with Gasteiger partial charge in [0.25, 0.3) is 0 Å². The Bertz CT molecular complexity index is 839. The van der Waals surface area contributed by atoms with Gasteiger partial charge in [-0.3, -0.25) is 0 Å². The molecule has 2 aliphatic carbocycles. The van der Waals surface area contributed by atoms with E-state index in [1.807, 2.05) is 0 Å². The first-order valence-corrected chi connectivity index (χ1v) is 10.5. The van der Waals surface area contributed by atoms with Crippen LogP contribution in [-0.2, 0) is 0 Å². The van der Waals surface area contributed by atoms with Crippen LogP contribution in [0.2, 0.25) is 0 Å². The minimum absolute atomic E-state index is 0.0450. The van der Waals surface area contributed by atoms with Crippen molar-refractivity contribution in [1.82, 2.24) is 5.09 Å². The second-order valence-electron chi connectivity index (χ2n) is 8.54. The number of allylic oxidation sites excluding steroid dienone is 8. The minimum Gasteiger partial charge on any atom is -0.351 e. The standard InChI is InChI=1S/C23H33N2P/c1-12-13(2)17(6)22(9,16(12)5)20-11-21(25-26-24-20)23(10)18(7)14(3)15(4)19(23)8/h11,24,26H,1-10H3. The van der Waals surface area contributed by atoms with Gasteiger partial charge in [-0.25, -0.2) is 4.76 Å². The molecular formula is C23H33N2P. The molecular weight excluding hydrogens is 335 g/mol. The van der Waals surface area contributed by atoms with Crippen LogP contribution in [0.15, 0.2) is 61.1 Å². The molecule has 1 atom stereocenters. The van der Waals surface area contributed by atoms with Crippen molar-refractivity contribution in [1.29, 1.82) is 0 Å².